The molecule has 1 amide bonds. The maximum absolute atomic E-state index is 12.5. The number of hydrogen-bond acceptors (Lipinski definition) is 3. The first-order valence-electron chi connectivity index (χ1n) is 10.4. The van der Waals surface area contributed by atoms with E-state index in [1.807, 2.05) is 11.0 Å². The predicted molar refractivity (Wildman–Crippen MR) is 116 cm³/mol. The van der Waals surface area contributed by atoms with Gasteiger partial charge in [-0.25, -0.2) is 0 Å². The third-order valence-corrected chi connectivity index (χ3v) is 5.12. The monoisotopic (exact) mass is 396 g/mol. The number of piperazine rings is 1. The quantitative estimate of drug-likeness (QED) is 0.601. The summed E-state index contributed by atoms with van der Waals surface area (Å²) >= 11 is 0. The molecule has 1 aromatic carbocycles. The summed E-state index contributed by atoms with van der Waals surface area (Å²) in [6.07, 6.45) is 2.53. The SMILES string of the molecule is CCNC(=NCC(C)(C)Cc1ccccc1)N1CCN(C(=O)c2ccco2)CC1. The number of amides is 1. The predicted octanol–water partition coefficient (Wildman–Crippen LogP) is 3.27. The minimum atomic E-state index is -0.0411. The molecule has 0 saturated carbocycles. The van der Waals surface area contributed by atoms with Gasteiger partial charge in [0.1, 0.15) is 0 Å². The standard InChI is InChI=1S/C23H32N4O2/c1-4-24-22(25-18-23(2,3)17-19-9-6-5-7-10-19)27-14-12-26(13-15-27)21(28)20-11-8-16-29-20/h5-11,16H,4,12-15,17-18H2,1-3H3,(H,24,25). The van der Waals surface area contributed by atoms with Gasteiger partial charge in [0, 0.05) is 39.3 Å². The number of hydrogen-bond donors (Lipinski definition) is 1. The zero-order chi connectivity index (χ0) is 20.7. The van der Waals surface area contributed by atoms with Crippen LogP contribution < -0.4 is 5.32 Å². The van der Waals surface area contributed by atoms with Crippen LogP contribution in [0.25, 0.3) is 0 Å². The molecule has 29 heavy (non-hydrogen) atoms. The van der Waals surface area contributed by atoms with Gasteiger partial charge in [0.2, 0.25) is 0 Å². The van der Waals surface area contributed by atoms with Crippen LogP contribution in [0, 0.1) is 5.41 Å². The van der Waals surface area contributed by atoms with E-state index < -0.39 is 0 Å². The second-order valence-corrected chi connectivity index (χ2v) is 8.25. The highest BCUT2D eigenvalue weighted by atomic mass is 16.3. The minimum absolute atomic E-state index is 0.0411. The van der Waals surface area contributed by atoms with E-state index in [0.29, 0.717) is 18.8 Å². The highest BCUT2D eigenvalue weighted by Gasteiger charge is 2.26. The molecule has 0 atom stereocenters. The summed E-state index contributed by atoms with van der Waals surface area (Å²) < 4.78 is 5.25. The summed E-state index contributed by atoms with van der Waals surface area (Å²) in [5, 5.41) is 3.41. The highest BCUT2D eigenvalue weighted by Crippen LogP contribution is 2.22. The lowest BCUT2D eigenvalue weighted by atomic mass is 9.86. The third-order valence-electron chi connectivity index (χ3n) is 5.12. The van der Waals surface area contributed by atoms with E-state index in [-0.39, 0.29) is 11.3 Å². The minimum Gasteiger partial charge on any atom is -0.459 e. The number of guanidine groups is 1. The zero-order valence-electron chi connectivity index (χ0n) is 17.7. The van der Waals surface area contributed by atoms with Gasteiger partial charge < -0.3 is 19.5 Å². The first-order valence-corrected chi connectivity index (χ1v) is 10.4. The Bertz CT molecular complexity index is 792. The molecule has 0 spiro atoms. The molecule has 156 valence electrons. The first-order chi connectivity index (χ1) is 14.0. The number of benzene rings is 1. The van der Waals surface area contributed by atoms with Crippen LogP contribution in [-0.2, 0) is 6.42 Å². The van der Waals surface area contributed by atoms with Gasteiger partial charge in [-0.3, -0.25) is 9.79 Å². The Morgan fingerprint density at radius 1 is 1.07 bits per heavy atom. The van der Waals surface area contributed by atoms with Crippen LogP contribution in [0.2, 0.25) is 0 Å². The van der Waals surface area contributed by atoms with E-state index in [0.717, 1.165) is 38.6 Å². The number of aliphatic imine (C=N–C) groups is 1. The molecule has 2 aromatic rings. The van der Waals surface area contributed by atoms with Crippen LogP contribution >= 0.6 is 0 Å². The molecule has 1 fully saturated rings. The normalized spacial score (nSPS) is 15.5. The molecule has 0 radical (unpaired) electrons. The van der Waals surface area contributed by atoms with Crippen LogP contribution in [0.3, 0.4) is 0 Å². The molecule has 6 nitrogen and oxygen atoms in total. The van der Waals surface area contributed by atoms with Gasteiger partial charge in [-0.05, 0) is 36.5 Å². The number of nitrogens with zero attached hydrogens (tertiary/aromatic N) is 3. The van der Waals surface area contributed by atoms with Crippen LogP contribution in [0.5, 0.6) is 0 Å². The summed E-state index contributed by atoms with van der Waals surface area (Å²) in [6.45, 7) is 11.0. The zero-order valence-corrected chi connectivity index (χ0v) is 17.7. The molecular weight excluding hydrogens is 364 g/mol. The summed E-state index contributed by atoms with van der Waals surface area (Å²) in [7, 11) is 0. The maximum Gasteiger partial charge on any atom is 0.289 e. The molecular formula is C23H32N4O2. The van der Waals surface area contributed by atoms with E-state index in [1.165, 1.54) is 11.8 Å². The van der Waals surface area contributed by atoms with Crippen molar-refractivity contribution in [3.8, 4) is 0 Å². The van der Waals surface area contributed by atoms with Crippen molar-refractivity contribution >= 4 is 11.9 Å². The molecule has 1 aliphatic rings. The second kappa shape index (κ2) is 9.63. The largest absolute Gasteiger partial charge is 0.459 e. The third kappa shape index (κ3) is 5.86. The maximum atomic E-state index is 12.5. The first kappa shape index (κ1) is 21.0. The molecule has 0 bridgehead atoms. The van der Waals surface area contributed by atoms with Crippen molar-refractivity contribution in [2.24, 2.45) is 10.4 Å². The molecule has 1 aromatic heterocycles. The van der Waals surface area contributed by atoms with Crippen LogP contribution in [0.4, 0.5) is 0 Å². The van der Waals surface area contributed by atoms with Crippen LogP contribution in [0.1, 0.15) is 36.9 Å². The fourth-order valence-electron chi connectivity index (χ4n) is 3.60. The smallest absolute Gasteiger partial charge is 0.289 e. The average Bonchev–Trinajstić information content (AvgIpc) is 3.26. The molecule has 6 heteroatoms. The van der Waals surface area contributed by atoms with Crippen LogP contribution in [0.15, 0.2) is 58.1 Å². The van der Waals surface area contributed by atoms with E-state index in [9.17, 15) is 4.79 Å². The van der Waals surface area contributed by atoms with Crippen molar-refractivity contribution in [1.82, 2.24) is 15.1 Å². The second-order valence-electron chi connectivity index (χ2n) is 8.25. The van der Waals surface area contributed by atoms with Gasteiger partial charge in [0.25, 0.3) is 5.91 Å². The highest BCUT2D eigenvalue weighted by molar-refractivity contribution is 5.91. The fourth-order valence-corrected chi connectivity index (χ4v) is 3.60. The van der Waals surface area contributed by atoms with Gasteiger partial charge in [-0.1, -0.05) is 44.2 Å². The Balaban J connectivity index is 1.58. The Kier molecular flexibility index (Phi) is 6.96. The number of rotatable bonds is 6. The number of carbonyl (C=O) groups is 1. The molecule has 1 aliphatic heterocycles. The molecule has 0 aliphatic carbocycles. The Morgan fingerprint density at radius 2 is 1.76 bits per heavy atom. The van der Waals surface area contributed by atoms with E-state index in [1.54, 1.807) is 12.1 Å². The Labute approximate surface area is 173 Å². The van der Waals surface area contributed by atoms with Gasteiger partial charge >= 0.3 is 0 Å². The van der Waals surface area contributed by atoms with Crippen LogP contribution in [-0.4, -0.2) is 60.9 Å². The Morgan fingerprint density at radius 3 is 2.38 bits per heavy atom. The van der Waals surface area contributed by atoms with Gasteiger partial charge in [0.05, 0.1) is 6.26 Å². The van der Waals surface area contributed by atoms with Gasteiger partial charge in [0.15, 0.2) is 11.7 Å². The van der Waals surface area contributed by atoms with Gasteiger partial charge in [-0.15, -0.1) is 0 Å². The molecule has 1 saturated heterocycles. The molecule has 3 rings (SSSR count). The van der Waals surface area contributed by atoms with Crippen molar-refractivity contribution in [1.29, 1.82) is 0 Å². The molecule has 2 heterocycles. The van der Waals surface area contributed by atoms with E-state index in [2.05, 4.69) is 55.3 Å². The van der Waals surface area contributed by atoms with Crippen molar-refractivity contribution in [2.75, 3.05) is 39.3 Å². The topological polar surface area (TPSA) is 61.1 Å². The average molecular weight is 397 g/mol. The van der Waals surface area contributed by atoms with Gasteiger partial charge in [-0.2, -0.15) is 0 Å². The summed E-state index contributed by atoms with van der Waals surface area (Å²) in [4.78, 5) is 21.5. The van der Waals surface area contributed by atoms with Crippen molar-refractivity contribution < 1.29 is 9.21 Å². The molecule has 0 unspecified atom stereocenters. The summed E-state index contributed by atoms with van der Waals surface area (Å²) in [6, 6.07) is 14.0. The molecule has 1 N–H and O–H groups in total. The lowest BCUT2D eigenvalue weighted by Crippen LogP contribution is -2.54. The Hall–Kier alpha value is -2.76. The van der Waals surface area contributed by atoms with Crippen molar-refractivity contribution in [3.05, 3.63) is 60.1 Å². The number of carbonyl (C=O) groups excluding carboxylic acids is 1. The number of furan rings is 1. The van der Waals surface area contributed by atoms with Crippen molar-refractivity contribution in [3.63, 3.8) is 0 Å². The van der Waals surface area contributed by atoms with E-state index in [4.69, 9.17) is 9.41 Å². The van der Waals surface area contributed by atoms with Crippen molar-refractivity contribution in [2.45, 2.75) is 27.2 Å². The number of nitrogens with one attached hydrogen (secondary N) is 1. The lowest BCUT2D eigenvalue weighted by molar-refractivity contribution is 0.0657. The fraction of sp³-hybridized carbons (Fsp3) is 0.478. The van der Waals surface area contributed by atoms with E-state index >= 15 is 0 Å². The lowest BCUT2D eigenvalue weighted by Gasteiger charge is -2.36. The summed E-state index contributed by atoms with van der Waals surface area (Å²) in [5.74, 6) is 1.29. The summed E-state index contributed by atoms with van der Waals surface area (Å²) in [5.41, 5.74) is 1.40.